The number of benzene rings is 3. The van der Waals surface area contributed by atoms with Crippen molar-refractivity contribution in [2.75, 3.05) is 5.32 Å². The van der Waals surface area contributed by atoms with Gasteiger partial charge in [0, 0.05) is 17.3 Å². The summed E-state index contributed by atoms with van der Waals surface area (Å²) in [6.07, 6.45) is -3.24. The molecule has 222 valence electrons. The van der Waals surface area contributed by atoms with Gasteiger partial charge < -0.3 is 10.4 Å². The lowest BCUT2D eigenvalue weighted by Gasteiger charge is -2.26. The lowest BCUT2D eigenvalue weighted by molar-refractivity contribution is -0.178. The second-order valence-electron chi connectivity index (χ2n) is 11.1. The zero-order valence-electron chi connectivity index (χ0n) is 23.3. The molecule has 0 bridgehead atoms. The fraction of sp³-hybridized carbons (Fsp3) is 0.273. The number of aliphatic carboxylic acids is 1. The predicted molar refractivity (Wildman–Crippen MR) is 156 cm³/mol. The third kappa shape index (κ3) is 6.85. The summed E-state index contributed by atoms with van der Waals surface area (Å²) in [4.78, 5) is 37.4. The van der Waals surface area contributed by atoms with Gasteiger partial charge in [0.15, 0.2) is 0 Å². The number of carbonyl (C=O) groups is 2. The van der Waals surface area contributed by atoms with Gasteiger partial charge in [-0.3, -0.25) is 14.4 Å². The van der Waals surface area contributed by atoms with Crippen molar-refractivity contribution in [2.24, 2.45) is 11.3 Å². The Morgan fingerprint density at radius 2 is 1.65 bits per heavy atom. The highest BCUT2D eigenvalue weighted by molar-refractivity contribution is 5.96. The Kier molecular flexibility index (Phi) is 8.21. The quantitative estimate of drug-likeness (QED) is 0.227. The van der Waals surface area contributed by atoms with Gasteiger partial charge in [-0.15, -0.1) is 0 Å². The minimum atomic E-state index is -4.64. The molecule has 43 heavy (non-hydrogen) atoms. The van der Waals surface area contributed by atoms with Crippen LogP contribution in [0.1, 0.15) is 42.4 Å². The molecule has 2 N–H and O–H groups in total. The van der Waals surface area contributed by atoms with Crippen LogP contribution >= 0.6 is 0 Å². The van der Waals surface area contributed by atoms with Crippen molar-refractivity contribution in [2.45, 2.75) is 44.8 Å². The van der Waals surface area contributed by atoms with Crippen LogP contribution in [-0.2, 0) is 22.6 Å². The zero-order valence-corrected chi connectivity index (χ0v) is 23.3. The zero-order chi connectivity index (χ0) is 30.8. The van der Waals surface area contributed by atoms with Crippen molar-refractivity contribution < 1.29 is 27.9 Å². The number of nitrogens with zero attached hydrogens (tertiary/aromatic N) is 2. The molecule has 3 aromatic carbocycles. The Bertz CT molecular complexity index is 1680. The number of hydrogen-bond acceptors (Lipinski definition) is 4. The lowest BCUT2D eigenvalue weighted by Crippen LogP contribution is -2.34. The second kappa shape index (κ2) is 11.9. The molecule has 1 saturated carbocycles. The highest BCUT2D eigenvalue weighted by Gasteiger charge is 2.50. The topological polar surface area (TPSA) is 101 Å². The van der Waals surface area contributed by atoms with Crippen LogP contribution in [0, 0.1) is 11.3 Å². The molecule has 0 aliphatic heterocycles. The number of carboxylic acids is 1. The summed E-state index contributed by atoms with van der Waals surface area (Å²) < 4.78 is 43.1. The van der Waals surface area contributed by atoms with Crippen LogP contribution < -0.4 is 10.9 Å². The van der Waals surface area contributed by atoms with Crippen molar-refractivity contribution >= 4 is 17.6 Å². The molecule has 1 fully saturated rings. The Labute approximate surface area is 246 Å². The van der Waals surface area contributed by atoms with Crippen LogP contribution in [0.15, 0.2) is 95.8 Å². The van der Waals surface area contributed by atoms with E-state index >= 15 is 0 Å². The van der Waals surface area contributed by atoms with Crippen LogP contribution in [0.25, 0.3) is 11.3 Å². The molecule has 0 spiro atoms. The van der Waals surface area contributed by atoms with Crippen LogP contribution in [0.4, 0.5) is 18.9 Å². The summed E-state index contributed by atoms with van der Waals surface area (Å²) >= 11 is 0. The first-order chi connectivity index (χ1) is 20.4. The van der Waals surface area contributed by atoms with E-state index in [9.17, 15) is 32.7 Å². The van der Waals surface area contributed by atoms with Crippen molar-refractivity contribution in [3.63, 3.8) is 0 Å². The predicted octanol–water partition coefficient (Wildman–Crippen LogP) is 6.29. The normalized spacial score (nSPS) is 15.3. The van der Waals surface area contributed by atoms with E-state index in [4.69, 9.17) is 0 Å². The summed E-state index contributed by atoms with van der Waals surface area (Å²) in [6, 6.07) is 25.0. The maximum Gasteiger partial charge on any atom is 0.392 e. The number of aromatic nitrogens is 2. The molecular weight excluding hydrogens is 559 g/mol. The summed E-state index contributed by atoms with van der Waals surface area (Å²) in [5.41, 5.74) is 2.07. The third-order valence-corrected chi connectivity index (χ3v) is 7.95. The molecule has 10 heteroatoms. The van der Waals surface area contributed by atoms with Gasteiger partial charge in [-0.1, -0.05) is 73.7 Å². The van der Waals surface area contributed by atoms with Gasteiger partial charge in [0.25, 0.3) is 5.56 Å². The van der Waals surface area contributed by atoms with Crippen molar-refractivity contribution in [1.82, 2.24) is 9.78 Å². The van der Waals surface area contributed by atoms with E-state index in [0.717, 1.165) is 12.5 Å². The third-order valence-electron chi connectivity index (χ3n) is 7.95. The number of anilines is 1. The first-order valence-electron chi connectivity index (χ1n) is 13.9. The highest BCUT2D eigenvalue weighted by Crippen LogP contribution is 2.48. The number of alkyl halides is 3. The molecule has 7 nitrogen and oxygen atoms in total. The molecule has 2 atom stereocenters. The average molecular weight is 590 g/mol. The fourth-order valence-electron chi connectivity index (χ4n) is 5.17. The smallest absolute Gasteiger partial charge is 0.392 e. The van der Waals surface area contributed by atoms with E-state index in [-0.39, 0.29) is 24.1 Å². The number of hydrogen-bond donors (Lipinski definition) is 2. The molecule has 5 rings (SSSR count). The molecule has 1 amide bonds. The summed E-state index contributed by atoms with van der Waals surface area (Å²) in [7, 11) is 0. The Balaban J connectivity index is 1.36. The van der Waals surface area contributed by atoms with Gasteiger partial charge in [-0.2, -0.15) is 18.3 Å². The summed E-state index contributed by atoms with van der Waals surface area (Å²) in [5, 5.41) is 16.5. The average Bonchev–Trinajstić information content (AvgIpc) is 3.76. The van der Waals surface area contributed by atoms with Gasteiger partial charge in [0.2, 0.25) is 5.91 Å². The first kappa shape index (κ1) is 29.8. The minimum absolute atomic E-state index is 0.0934. The van der Waals surface area contributed by atoms with Crippen LogP contribution in [-0.4, -0.2) is 32.9 Å². The Hall–Kier alpha value is -4.73. The van der Waals surface area contributed by atoms with Crippen molar-refractivity contribution in [1.29, 1.82) is 0 Å². The molecule has 1 aliphatic carbocycles. The number of nitrogens with one attached hydrogen (secondary N) is 1. The van der Waals surface area contributed by atoms with Crippen LogP contribution in [0.5, 0.6) is 0 Å². The van der Waals surface area contributed by atoms with Crippen LogP contribution in [0.2, 0.25) is 0 Å². The summed E-state index contributed by atoms with van der Waals surface area (Å²) in [6.45, 7) is 1.06. The maximum atomic E-state index is 13.9. The van der Waals surface area contributed by atoms with Gasteiger partial charge >= 0.3 is 12.1 Å². The maximum absolute atomic E-state index is 13.9. The van der Waals surface area contributed by atoms with E-state index < -0.39 is 35.3 Å². The largest absolute Gasteiger partial charge is 0.481 e. The van der Waals surface area contributed by atoms with Gasteiger partial charge in [-0.25, -0.2) is 4.68 Å². The van der Waals surface area contributed by atoms with E-state index in [1.165, 1.54) is 22.9 Å². The summed E-state index contributed by atoms with van der Waals surface area (Å²) in [5.74, 6) is -5.25. The molecular formula is C33H30F3N3O4. The Morgan fingerprint density at radius 1 is 0.953 bits per heavy atom. The van der Waals surface area contributed by atoms with E-state index in [0.29, 0.717) is 35.3 Å². The van der Waals surface area contributed by atoms with Crippen LogP contribution in [0.3, 0.4) is 0 Å². The number of rotatable bonds is 10. The van der Waals surface area contributed by atoms with Gasteiger partial charge in [0.1, 0.15) is 0 Å². The number of halogens is 3. The van der Waals surface area contributed by atoms with Gasteiger partial charge in [-0.05, 0) is 54.2 Å². The molecule has 1 aliphatic rings. The van der Waals surface area contributed by atoms with E-state index in [1.807, 2.05) is 30.3 Å². The molecule has 0 saturated heterocycles. The molecule has 1 aromatic heterocycles. The monoisotopic (exact) mass is 589 g/mol. The molecule has 0 radical (unpaired) electrons. The standard InChI is InChI=1S/C33H30F3N3O4/c1-21(33(34,35)36)29(30(41)37-26-9-5-6-23(18-26)19-32(16-17-32)31(42)43)25-12-10-22(11-13-25)20-39-28(40)15-14-27(38-39)24-7-3-2-4-8-24/h2-15,18,21,29H,16-17,19-20H2,1H3,(H,37,41)(H,42,43). The lowest BCUT2D eigenvalue weighted by atomic mass is 9.85. The number of amides is 1. The van der Waals surface area contributed by atoms with Gasteiger partial charge in [0.05, 0.1) is 29.5 Å². The van der Waals surface area contributed by atoms with Crippen molar-refractivity contribution in [3.8, 4) is 11.3 Å². The second-order valence-corrected chi connectivity index (χ2v) is 11.1. The number of carbonyl (C=O) groups excluding carboxylic acids is 1. The minimum Gasteiger partial charge on any atom is -0.481 e. The van der Waals surface area contributed by atoms with Crippen molar-refractivity contribution in [3.05, 3.63) is 118 Å². The highest BCUT2D eigenvalue weighted by atomic mass is 19.4. The SMILES string of the molecule is CC(C(C(=O)Nc1cccc(CC2(C(=O)O)CC2)c1)c1ccc(Cn2nc(-c3ccccc3)ccc2=O)cc1)C(F)(F)F. The first-order valence-corrected chi connectivity index (χ1v) is 13.9. The molecule has 4 aromatic rings. The fourth-order valence-corrected chi connectivity index (χ4v) is 5.17. The van der Waals surface area contributed by atoms with E-state index in [1.54, 1.807) is 42.5 Å². The van der Waals surface area contributed by atoms with E-state index in [2.05, 4.69) is 10.4 Å². The molecule has 1 heterocycles. The molecule has 2 unspecified atom stereocenters. The number of carboxylic acid groups (broad SMARTS) is 1. The Morgan fingerprint density at radius 3 is 2.28 bits per heavy atom.